The lowest BCUT2D eigenvalue weighted by Gasteiger charge is -2.58. The summed E-state index contributed by atoms with van der Waals surface area (Å²) >= 11 is 0. The maximum atomic E-state index is 11.6. The van der Waals surface area contributed by atoms with E-state index < -0.39 is 17.9 Å². The van der Waals surface area contributed by atoms with E-state index >= 15 is 0 Å². The Labute approximate surface area is 112 Å². The number of urea groups is 1. The Bertz CT molecular complexity index is 372. The van der Waals surface area contributed by atoms with Gasteiger partial charge in [0.1, 0.15) is 0 Å². The second-order valence-corrected chi connectivity index (χ2v) is 6.92. The van der Waals surface area contributed by atoms with Crippen LogP contribution >= 0.6 is 0 Å². The van der Waals surface area contributed by atoms with Crippen molar-refractivity contribution in [1.29, 1.82) is 0 Å². The molecule has 5 heteroatoms. The smallest absolute Gasteiger partial charge is 0.312 e. The maximum Gasteiger partial charge on any atom is 0.312 e. The van der Waals surface area contributed by atoms with Crippen LogP contribution in [0, 0.1) is 29.1 Å². The van der Waals surface area contributed by atoms with Crippen molar-refractivity contribution in [2.75, 3.05) is 6.54 Å². The van der Waals surface area contributed by atoms with Gasteiger partial charge in [-0.3, -0.25) is 4.79 Å². The lowest BCUT2D eigenvalue weighted by Crippen LogP contribution is -2.54. The number of hydrogen-bond acceptors (Lipinski definition) is 2. The molecule has 106 valence electrons. The number of carbonyl (C=O) groups excluding carboxylic acids is 1. The lowest BCUT2D eigenvalue weighted by atomic mass is 9.46. The summed E-state index contributed by atoms with van der Waals surface area (Å²) in [4.78, 5) is 22.5. The van der Waals surface area contributed by atoms with E-state index in [1.807, 2.05) is 0 Å². The summed E-state index contributed by atoms with van der Waals surface area (Å²) in [5, 5.41) is 12.1. The molecule has 0 heterocycles. The van der Waals surface area contributed by atoms with Crippen molar-refractivity contribution in [3.63, 3.8) is 0 Å². The first-order valence-corrected chi connectivity index (χ1v) is 7.24. The summed E-state index contributed by atoms with van der Waals surface area (Å²) in [6.45, 7) is 0.177. The summed E-state index contributed by atoms with van der Waals surface area (Å²) in [5.41, 5.74) is 5.00. The third-order valence-corrected chi connectivity index (χ3v) is 5.60. The van der Waals surface area contributed by atoms with Crippen LogP contribution in [0.2, 0.25) is 0 Å². The van der Waals surface area contributed by atoms with E-state index in [9.17, 15) is 14.7 Å². The van der Waals surface area contributed by atoms with Gasteiger partial charge < -0.3 is 16.2 Å². The molecular weight excluding hydrogens is 244 g/mol. The fourth-order valence-electron chi connectivity index (χ4n) is 5.37. The largest absolute Gasteiger partial charge is 0.481 e. The van der Waals surface area contributed by atoms with Gasteiger partial charge in [0.25, 0.3) is 0 Å². The number of carboxylic acid groups (broad SMARTS) is 1. The predicted octanol–water partition coefficient (Wildman–Crippen LogP) is 1.57. The van der Waals surface area contributed by atoms with Crippen molar-refractivity contribution < 1.29 is 14.7 Å². The molecule has 0 aromatic carbocycles. The molecule has 5 nitrogen and oxygen atoms in total. The first kappa shape index (κ1) is 12.8. The molecule has 1 unspecified atom stereocenters. The van der Waals surface area contributed by atoms with Gasteiger partial charge >= 0.3 is 12.0 Å². The monoisotopic (exact) mass is 266 g/mol. The number of aliphatic carboxylic acids is 1. The van der Waals surface area contributed by atoms with E-state index in [-0.39, 0.29) is 12.0 Å². The normalized spacial score (nSPS) is 40.9. The fraction of sp³-hybridized carbons (Fsp3) is 0.857. The summed E-state index contributed by atoms with van der Waals surface area (Å²) < 4.78 is 0. The molecule has 19 heavy (non-hydrogen) atoms. The van der Waals surface area contributed by atoms with Gasteiger partial charge in [-0.25, -0.2) is 4.79 Å². The van der Waals surface area contributed by atoms with Gasteiger partial charge in [-0.15, -0.1) is 0 Å². The first-order valence-electron chi connectivity index (χ1n) is 7.24. The highest BCUT2D eigenvalue weighted by Crippen LogP contribution is 2.62. The SMILES string of the molecule is NC(=O)NCC(C(=O)O)C12CC3CC(CC(C3)C1)C2. The van der Waals surface area contributed by atoms with E-state index in [1.165, 1.54) is 19.3 Å². The van der Waals surface area contributed by atoms with Crippen LogP contribution in [0.4, 0.5) is 4.79 Å². The minimum atomic E-state index is -0.782. The number of carboxylic acids is 1. The Morgan fingerprint density at radius 1 is 1.16 bits per heavy atom. The van der Waals surface area contributed by atoms with Gasteiger partial charge in [-0.1, -0.05) is 0 Å². The van der Waals surface area contributed by atoms with Gasteiger partial charge in [-0.05, 0) is 61.7 Å². The first-order chi connectivity index (χ1) is 8.98. The highest BCUT2D eigenvalue weighted by molar-refractivity contribution is 5.75. The molecule has 4 bridgehead atoms. The third kappa shape index (κ3) is 2.19. The Kier molecular flexibility index (Phi) is 2.95. The topological polar surface area (TPSA) is 92.4 Å². The highest BCUT2D eigenvalue weighted by Gasteiger charge is 2.55. The summed E-state index contributed by atoms with van der Waals surface area (Å²) in [6, 6.07) is -0.629. The van der Waals surface area contributed by atoms with Crippen LogP contribution in [-0.2, 0) is 4.79 Å². The summed E-state index contributed by atoms with van der Waals surface area (Å²) in [5.74, 6) is 0.870. The fourth-order valence-corrected chi connectivity index (χ4v) is 5.37. The van der Waals surface area contributed by atoms with Gasteiger partial charge in [-0.2, -0.15) is 0 Å². The average Bonchev–Trinajstić information content (AvgIpc) is 2.25. The van der Waals surface area contributed by atoms with Crippen molar-refractivity contribution in [2.45, 2.75) is 38.5 Å². The Hall–Kier alpha value is -1.26. The van der Waals surface area contributed by atoms with Crippen molar-refractivity contribution in [1.82, 2.24) is 5.32 Å². The van der Waals surface area contributed by atoms with Gasteiger partial charge in [0, 0.05) is 6.54 Å². The van der Waals surface area contributed by atoms with Crippen LogP contribution in [0.5, 0.6) is 0 Å². The second kappa shape index (κ2) is 4.39. The van der Waals surface area contributed by atoms with E-state index in [0.717, 1.165) is 19.3 Å². The number of primary amides is 1. The van der Waals surface area contributed by atoms with E-state index in [0.29, 0.717) is 17.8 Å². The lowest BCUT2D eigenvalue weighted by molar-refractivity contribution is -0.157. The van der Waals surface area contributed by atoms with Gasteiger partial charge in [0.2, 0.25) is 0 Å². The molecule has 4 aliphatic rings. The van der Waals surface area contributed by atoms with Crippen molar-refractivity contribution in [3.05, 3.63) is 0 Å². The third-order valence-electron chi connectivity index (χ3n) is 5.60. The van der Waals surface area contributed by atoms with E-state index in [4.69, 9.17) is 5.73 Å². The number of hydrogen-bond donors (Lipinski definition) is 3. The number of rotatable bonds is 4. The number of nitrogens with one attached hydrogen (secondary N) is 1. The van der Waals surface area contributed by atoms with Gasteiger partial charge in [0.15, 0.2) is 0 Å². The van der Waals surface area contributed by atoms with Crippen molar-refractivity contribution in [2.24, 2.45) is 34.8 Å². The zero-order valence-electron chi connectivity index (χ0n) is 11.1. The average molecular weight is 266 g/mol. The molecule has 4 aliphatic carbocycles. The minimum absolute atomic E-state index is 0.0942. The number of carbonyl (C=O) groups is 2. The molecule has 2 amide bonds. The molecular formula is C14H22N2O3. The molecule has 0 aromatic rings. The summed E-state index contributed by atoms with van der Waals surface area (Å²) in [6.07, 6.45) is 6.93. The number of amides is 2. The molecule has 4 N–H and O–H groups in total. The zero-order chi connectivity index (χ0) is 13.6. The molecule has 0 radical (unpaired) electrons. The minimum Gasteiger partial charge on any atom is -0.481 e. The van der Waals surface area contributed by atoms with Crippen LogP contribution in [0.15, 0.2) is 0 Å². The maximum absolute atomic E-state index is 11.6. The molecule has 0 saturated heterocycles. The Morgan fingerprint density at radius 2 is 1.63 bits per heavy atom. The quantitative estimate of drug-likeness (QED) is 0.721. The molecule has 0 aromatic heterocycles. The van der Waals surface area contributed by atoms with Gasteiger partial charge in [0.05, 0.1) is 5.92 Å². The molecule has 0 spiro atoms. The standard InChI is InChI=1S/C14H22N2O3/c15-13(19)16-7-11(12(17)18)14-4-8-1-9(5-14)3-10(2-8)6-14/h8-11H,1-7H2,(H,17,18)(H3,15,16,19). The summed E-state index contributed by atoms with van der Waals surface area (Å²) in [7, 11) is 0. The zero-order valence-corrected chi connectivity index (χ0v) is 11.1. The van der Waals surface area contributed by atoms with Crippen LogP contribution < -0.4 is 11.1 Å². The predicted molar refractivity (Wildman–Crippen MR) is 69.3 cm³/mol. The molecule has 1 atom stereocenters. The molecule has 4 saturated carbocycles. The van der Waals surface area contributed by atoms with Crippen molar-refractivity contribution in [3.8, 4) is 0 Å². The molecule has 4 fully saturated rings. The number of nitrogens with two attached hydrogens (primary N) is 1. The van der Waals surface area contributed by atoms with Crippen LogP contribution in [0.1, 0.15) is 38.5 Å². The Morgan fingerprint density at radius 3 is 2.00 bits per heavy atom. The van der Waals surface area contributed by atoms with E-state index in [1.54, 1.807) is 0 Å². The van der Waals surface area contributed by atoms with Crippen molar-refractivity contribution >= 4 is 12.0 Å². The van der Waals surface area contributed by atoms with E-state index in [2.05, 4.69) is 5.32 Å². The molecule has 0 aliphatic heterocycles. The Balaban J connectivity index is 1.81. The highest BCUT2D eigenvalue weighted by atomic mass is 16.4. The van der Waals surface area contributed by atoms with Crippen LogP contribution in [0.3, 0.4) is 0 Å². The second-order valence-electron chi connectivity index (χ2n) is 6.92. The van der Waals surface area contributed by atoms with Crippen LogP contribution in [-0.4, -0.2) is 23.7 Å². The van der Waals surface area contributed by atoms with Crippen LogP contribution in [0.25, 0.3) is 0 Å². The molecule has 4 rings (SSSR count).